The van der Waals surface area contributed by atoms with Crippen LogP contribution in [0.25, 0.3) is 10.9 Å². The maximum absolute atomic E-state index is 12.5. The zero-order valence-corrected chi connectivity index (χ0v) is 15.9. The molecular weight excluding hydrogens is 346 g/mol. The Morgan fingerprint density at radius 2 is 1.96 bits per heavy atom. The SMILES string of the molecule is O=C(CCCCCn1c(=S)[nH]c2ccccc2c1=O)NCC1CCCC1. The number of carbonyl (C=O) groups excluding carboxylic acids is 1. The van der Waals surface area contributed by atoms with Gasteiger partial charge in [-0.2, -0.15) is 0 Å². The first-order valence-corrected chi connectivity index (χ1v) is 10.0. The van der Waals surface area contributed by atoms with Crippen LogP contribution < -0.4 is 10.9 Å². The maximum Gasteiger partial charge on any atom is 0.262 e. The van der Waals surface area contributed by atoms with Gasteiger partial charge in [-0.15, -0.1) is 0 Å². The van der Waals surface area contributed by atoms with Gasteiger partial charge in [0.15, 0.2) is 4.77 Å². The van der Waals surface area contributed by atoms with Crippen LogP contribution in [0.15, 0.2) is 29.1 Å². The van der Waals surface area contributed by atoms with Crippen molar-refractivity contribution in [3.63, 3.8) is 0 Å². The molecule has 5 nitrogen and oxygen atoms in total. The van der Waals surface area contributed by atoms with Gasteiger partial charge < -0.3 is 10.3 Å². The summed E-state index contributed by atoms with van der Waals surface area (Å²) in [6.45, 7) is 1.42. The molecule has 1 saturated carbocycles. The maximum atomic E-state index is 12.5. The van der Waals surface area contributed by atoms with Crippen molar-refractivity contribution in [3.05, 3.63) is 39.4 Å². The molecule has 0 atom stereocenters. The first-order chi connectivity index (χ1) is 12.6. The Hall–Kier alpha value is -1.95. The molecule has 0 bridgehead atoms. The molecule has 2 N–H and O–H groups in total. The van der Waals surface area contributed by atoms with Crippen LogP contribution in [0, 0.1) is 10.7 Å². The summed E-state index contributed by atoms with van der Waals surface area (Å²) in [6.07, 6.45) is 8.26. The smallest absolute Gasteiger partial charge is 0.262 e. The topological polar surface area (TPSA) is 66.9 Å². The van der Waals surface area contributed by atoms with E-state index in [1.807, 2.05) is 24.3 Å². The minimum Gasteiger partial charge on any atom is -0.356 e. The molecule has 0 unspecified atom stereocenters. The molecule has 6 heteroatoms. The van der Waals surface area contributed by atoms with Gasteiger partial charge in [0, 0.05) is 19.5 Å². The van der Waals surface area contributed by atoms with E-state index in [0.717, 1.165) is 31.3 Å². The molecule has 1 aromatic carbocycles. The quantitative estimate of drug-likeness (QED) is 0.544. The molecule has 1 fully saturated rings. The predicted octanol–water partition coefficient (Wildman–Crippen LogP) is 3.93. The number of nitrogens with zero attached hydrogens (tertiary/aromatic N) is 1. The molecule has 1 amide bonds. The van der Waals surface area contributed by atoms with Crippen LogP contribution in [0.2, 0.25) is 0 Å². The molecule has 1 heterocycles. The number of aromatic nitrogens is 2. The molecule has 1 aliphatic carbocycles. The Morgan fingerprint density at radius 1 is 1.19 bits per heavy atom. The van der Waals surface area contributed by atoms with E-state index in [9.17, 15) is 9.59 Å². The number of hydrogen-bond donors (Lipinski definition) is 2. The molecule has 1 aliphatic rings. The molecule has 0 spiro atoms. The van der Waals surface area contributed by atoms with Crippen molar-refractivity contribution in [3.8, 4) is 0 Å². The van der Waals surface area contributed by atoms with E-state index in [1.165, 1.54) is 25.7 Å². The fraction of sp³-hybridized carbons (Fsp3) is 0.550. The Bertz CT molecular complexity index is 865. The number of unbranched alkanes of at least 4 members (excludes halogenated alkanes) is 2. The Balaban J connectivity index is 1.42. The summed E-state index contributed by atoms with van der Waals surface area (Å²) in [5, 5.41) is 3.72. The molecule has 0 saturated heterocycles. The number of fused-ring (bicyclic) bond motifs is 1. The second-order valence-electron chi connectivity index (χ2n) is 7.20. The number of benzene rings is 1. The third-order valence-electron chi connectivity index (χ3n) is 5.24. The van der Waals surface area contributed by atoms with Crippen molar-refractivity contribution in [1.82, 2.24) is 14.9 Å². The second-order valence-corrected chi connectivity index (χ2v) is 7.58. The number of amides is 1. The molecule has 0 radical (unpaired) electrons. The highest BCUT2D eigenvalue weighted by atomic mass is 32.1. The van der Waals surface area contributed by atoms with Crippen LogP contribution in [-0.4, -0.2) is 22.0 Å². The lowest BCUT2D eigenvalue weighted by atomic mass is 10.1. The first kappa shape index (κ1) is 18.8. The van der Waals surface area contributed by atoms with E-state index in [-0.39, 0.29) is 11.5 Å². The Labute approximate surface area is 158 Å². The van der Waals surface area contributed by atoms with Crippen LogP contribution in [0.4, 0.5) is 0 Å². The normalized spacial score (nSPS) is 14.8. The fourth-order valence-corrected chi connectivity index (χ4v) is 3.98. The van der Waals surface area contributed by atoms with E-state index in [0.29, 0.717) is 29.0 Å². The summed E-state index contributed by atoms with van der Waals surface area (Å²) < 4.78 is 2.08. The summed E-state index contributed by atoms with van der Waals surface area (Å²) >= 11 is 5.32. The molecule has 0 aliphatic heterocycles. The van der Waals surface area contributed by atoms with Gasteiger partial charge in [0.2, 0.25) is 5.91 Å². The summed E-state index contributed by atoms with van der Waals surface area (Å²) in [7, 11) is 0. The number of nitrogens with one attached hydrogen (secondary N) is 2. The van der Waals surface area contributed by atoms with Gasteiger partial charge in [0.05, 0.1) is 10.9 Å². The van der Waals surface area contributed by atoms with Crippen LogP contribution in [-0.2, 0) is 11.3 Å². The predicted molar refractivity (Wildman–Crippen MR) is 107 cm³/mol. The van der Waals surface area contributed by atoms with Crippen LogP contribution >= 0.6 is 12.2 Å². The molecule has 1 aromatic heterocycles. The second kappa shape index (κ2) is 9.12. The zero-order valence-electron chi connectivity index (χ0n) is 15.1. The highest BCUT2D eigenvalue weighted by Gasteiger charge is 2.15. The average molecular weight is 374 g/mol. The van der Waals surface area contributed by atoms with Gasteiger partial charge in [-0.25, -0.2) is 0 Å². The summed E-state index contributed by atoms with van der Waals surface area (Å²) in [6, 6.07) is 7.42. The number of hydrogen-bond acceptors (Lipinski definition) is 3. The number of para-hydroxylation sites is 1. The molecular formula is C20H27N3O2S. The van der Waals surface area contributed by atoms with E-state index in [2.05, 4.69) is 10.3 Å². The number of H-pyrrole nitrogens is 1. The van der Waals surface area contributed by atoms with Crippen LogP contribution in [0.3, 0.4) is 0 Å². The zero-order chi connectivity index (χ0) is 18.4. The molecule has 3 rings (SSSR count). The lowest BCUT2D eigenvalue weighted by molar-refractivity contribution is -0.121. The summed E-state index contributed by atoms with van der Waals surface area (Å²) in [4.78, 5) is 27.6. The van der Waals surface area contributed by atoms with Crippen LogP contribution in [0.5, 0.6) is 0 Å². The Kier molecular flexibility index (Phi) is 6.61. The van der Waals surface area contributed by atoms with E-state index in [4.69, 9.17) is 12.2 Å². The fourth-order valence-electron chi connectivity index (χ4n) is 3.70. The highest BCUT2D eigenvalue weighted by molar-refractivity contribution is 7.71. The third kappa shape index (κ3) is 4.81. The van der Waals surface area contributed by atoms with E-state index in [1.54, 1.807) is 4.57 Å². The number of rotatable bonds is 8. The van der Waals surface area contributed by atoms with Crippen LogP contribution in [0.1, 0.15) is 51.4 Å². The number of aromatic amines is 1. The minimum absolute atomic E-state index is 0.0429. The standard InChI is InChI=1S/C20H27N3O2S/c24-18(21-14-15-8-3-4-9-15)12-2-1-7-13-23-19(25)16-10-5-6-11-17(16)22-20(23)26/h5-6,10-11,15H,1-4,7-9,12-14H2,(H,21,24)(H,22,26). The number of carbonyl (C=O) groups is 1. The monoisotopic (exact) mass is 373 g/mol. The van der Waals surface area contributed by atoms with Gasteiger partial charge in [0.1, 0.15) is 0 Å². The third-order valence-corrected chi connectivity index (χ3v) is 5.56. The van der Waals surface area contributed by atoms with Gasteiger partial charge in [-0.3, -0.25) is 14.2 Å². The van der Waals surface area contributed by atoms with E-state index >= 15 is 0 Å². The minimum atomic E-state index is -0.0429. The Morgan fingerprint density at radius 3 is 2.77 bits per heavy atom. The van der Waals surface area contributed by atoms with Crippen molar-refractivity contribution < 1.29 is 4.79 Å². The van der Waals surface area contributed by atoms with Crippen molar-refractivity contribution in [2.45, 2.75) is 57.9 Å². The van der Waals surface area contributed by atoms with Crippen molar-refractivity contribution in [2.24, 2.45) is 5.92 Å². The van der Waals surface area contributed by atoms with Crippen molar-refractivity contribution >= 4 is 29.0 Å². The van der Waals surface area contributed by atoms with Gasteiger partial charge in [0.25, 0.3) is 5.56 Å². The van der Waals surface area contributed by atoms with E-state index < -0.39 is 0 Å². The largest absolute Gasteiger partial charge is 0.356 e. The molecule has 2 aromatic rings. The molecule has 26 heavy (non-hydrogen) atoms. The summed E-state index contributed by atoms with van der Waals surface area (Å²) in [5.74, 6) is 0.831. The molecule has 140 valence electrons. The lowest BCUT2D eigenvalue weighted by Gasteiger charge is -2.10. The highest BCUT2D eigenvalue weighted by Crippen LogP contribution is 2.23. The summed E-state index contributed by atoms with van der Waals surface area (Å²) in [5.41, 5.74) is 0.733. The average Bonchev–Trinajstić information content (AvgIpc) is 3.15. The van der Waals surface area contributed by atoms with Crippen molar-refractivity contribution in [2.75, 3.05) is 6.54 Å². The lowest BCUT2D eigenvalue weighted by Crippen LogP contribution is -2.28. The van der Waals surface area contributed by atoms with Gasteiger partial charge >= 0.3 is 0 Å². The van der Waals surface area contributed by atoms with Gasteiger partial charge in [-0.05, 0) is 56.0 Å². The first-order valence-electron chi connectivity index (χ1n) is 9.64. The van der Waals surface area contributed by atoms with Gasteiger partial charge in [-0.1, -0.05) is 31.4 Å². The van der Waals surface area contributed by atoms with Crippen molar-refractivity contribution in [1.29, 1.82) is 0 Å².